The van der Waals surface area contributed by atoms with Gasteiger partial charge in [0.25, 0.3) is 0 Å². The molecule has 2 N–H and O–H groups in total. The Hall–Kier alpha value is -0.840. The standard InChI is InChI=1S/C11H15N3O.2ClH/c1-8(9-5-13-6-9)11(15)14-10-3-2-4-12-7-10;;/h2-4,7-9,13H,5-6H2,1H3,(H,14,15);2*1H. The molecule has 6 heteroatoms. The van der Waals surface area contributed by atoms with Gasteiger partial charge in [0, 0.05) is 12.1 Å². The van der Waals surface area contributed by atoms with Crippen LogP contribution < -0.4 is 10.6 Å². The maximum Gasteiger partial charge on any atom is 0.227 e. The Kier molecular flexibility index (Phi) is 7.11. The first-order valence-corrected chi connectivity index (χ1v) is 5.19. The number of hydrogen-bond donors (Lipinski definition) is 2. The molecule has 0 spiro atoms. The van der Waals surface area contributed by atoms with Crippen LogP contribution >= 0.6 is 24.8 Å². The summed E-state index contributed by atoms with van der Waals surface area (Å²) in [7, 11) is 0. The minimum Gasteiger partial charge on any atom is -0.324 e. The van der Waals surface area contributed by atoms with Crippen LogP contribution in [0.25, 0.3) is 0 Å². The molecule has 1 aromatic heterocycles. The van der Waals surface area contributed by atoms with Gasteiger partial charge in [-0.3, -0.25) is 9.78 Å². The minimum atomic E-state index is 0. The molecular formula is C11H17Cl2N3O. The molecule has 1 aliphatic rings. The van der Waals surface area contributed by atoms with Gasteiger partial charge in [-0.05, 0) is 31.1 Å². The highest BCUT2D eigenvalue weighted by molar-refractivity contribution is 5.92. The topological polar surface area (TPSA) is 54.0 Å². The second kappa shape index (κ2) is 7.48. The first kappa shape index (κ1) is 16.2. The predicted octanol–water partition coefficient (Wildman–Crippen LogP) is 1.72. The van der Waals surface area contributed by atoms with E-state index in [1.807, 2.05) is 19.1 Å². The zero-order chi connectivity index (χ0) is 10.7. The zero-order valence-electron chi connectivity index (χ0n) is 9.55. The van der Waals surface area contributed by atoms with Gasteiger partial charge in [0.05, 0.1) is 11.9 Å². The third kappa shape index (κ3) is 4.15. The third-order valence-electron chi connectivity index (χ3n) is 2.86. The number of hydrogen-bond acceptors (Lipinski definition) is 3. The van der Waals surface area contributed by atoms with E-state index in [1.54, 1.807) is 12.4 Å². The van der Waals surface area contributed by atoms with Gasteiger partial charge in [0.2, 0.25) is 5.91 Å². The number of halogens is 2. The van der Waals surface area contributed by atoms with Crippen LogP contribution in [-0.4, -0.2) is 24.0 Å². The van der Waals surface area contributed by atoms with Crippen LogP contribution in [0.2, 0.25) is 0 Å². The van der Waals surface area contributed by atoms with Crippen molar-refractivity contribution in [3.05, 3.63) is 24.5 Å². The van der Waals surface area contributed by atoms with Crippen LogP contribution in [0.4, 0.5) is 5.69 Å². The number of amides is 1. The number of carbonyl (C=O) groups is 1. The molecule has 0 bridgehead atoms. The first-order valence-electron chi connectivity index (χ1n) is 5.19. The van der Waals surface area contributed by atoms with Gasteiger partial charge in [0.15, 0.2) is 0 Å². The molecule has 2 heterocycles. The second-order valence-electron chi connectivity index (χ2n) is 3.94. The molecule has 1 saturated heterocycles. The summed E-state index contributed by atoms with van der Waals surface area (Å²) < 4.78 is 0. The lowest BCUT2D eigenvalue weighted by molar-refractivity contribution is -0.121. The average molecular weight is 278 g/mol. The van der Waals surface area contributed by atoms with Crippen molar-refractivity contribution in [1.29, 1.82) is 0 Å². The Balaban J connectivity index is 0.00000128. The van der Waals surface area contributed by atoms with Crippen molar-refractivity contribution in [3.63, 3.8) is 0 Å². The number of pyridine rings is 1. The van der Waals surface area contributed by atoms with E-state index in [0.717, 1.165) is 18.8 Å². The molecule has 1 aliphatic heterocycles. The van der Waals surface area contributed by atoms with Gasteiger partial charge in [-0.25, -0.2) is 0 Å². The number of nitrogens with zero attached hydrogens (tertiary/aromatic N) is 1. The molecule has 0 radical (unpaired) electrons. The highest BCUT2D eigenvalue weighted by Gasteiger charge is 2.28. The Labute approximate surface area is 113 Å². The van der Waals surface area contributed by atoms with E-state index in [1.165, 1.54) is 0 Å². The largest absolute Gasteiger partial charge is 0.324 e. The van der Waals surface area contributed by atoms with Gasteiger partial charge in [-0.1, -0.05) is 6.92 Å². The van der Waals surface area contributed by atoms with Crippen molar-refractivity contribution < 1.29 is 4.79 Å². The number of aromatic nitrogens is 1. The maximum atomic E-state index is 11.8. The zero-order valence-corrected chi connectivity index (χ0v) is 11.2. The van der Waals surface area contributed by atoms with Crippen molar-refractivity contribution >= 4 is 36.4 Å². The monoisotopic (exact) mass is 277 g/mol. The Morgan fingerprint density at radius 2 is 2.24 bits per heavy atom. The summed E-state index contributed by atoms with van der Waals surface area (Å²) in [5.74, 6) is 0.614. The van der Waals surface area contributed by atoms with Gasteiger partial charge in [-0.15, -0.1) is 24.8 Å². The number of rotatable bonds is 3. The highest BCUT2D eigenvalue weighted by atomic mass is 35.5. The van der Waals surface area contributed by atoms with Crippen LogP contribution in [0, 0.1) is 11.8 Å². The highest BCUT2D eigenvalue weighted by Crippen LogP contribution is 2.17. The molecule has 4 nitrogen and oxygen atoms in total. The maximum absolute atomic E-state index is 11.8. The van der Waals surface area contributed by atoms with Crippen molar-refractivity contribution in [2.24, 2.45) is 11.8 Å². The number of carbonyl (C=O) groups excluding carboxylic acids is 1. The van der Waals surface area contributed by atoms with Gasteiger partial charge < -0.3 is 10.6 Å². The molecular weight excluding hydrogens is 261 g/mol. The summed E-state index contributed by atoms with van der Waals surface area (Å²) in [5, 5.41) is 6.03. The summed E-state index contributed by atoms with van der Waals surface area (Å²) >= 11 is 0. The Bertz CT molecular complexity index is 344. The normalized spacial score (nSPS) is 15.8. The summed E-state index contributed by atoms with van der Waals surface area (Å²) in [6, 6.07) is 3.65. The third-order valence-corrected chi connectivity index (χ3v) is 2.86. The van der Waals surface area contributed by atoms with Crippen LogP contribution in [-0.2, 0) is 4.79 Å². The lowest BCUT2D eigenvalue weighted by Gasteiger charge is -2.31. The summed E-state index contributed by atoms with van der Waals surface area (Å²) in [5.41, 5.74) is 0.765. The number of nitrogens with one attached hydrogen (secondary N) is 2. The smallest absolute Gasteiger partial charge is 0.227 e. The van der Waals surface area contributed by atoms with Crippen molar-refractivity contribution in [3.8, 4) is 0 Å². The van der Waals surface area contributed by atoms with Gasteiger partial charge in [0.1, 0.15) is 0 Å². The van der Waals surface area contributed by atoms with E-state index in [9.17, 15) is 4.79 Å². The van der Waals surface area contributed by atoms with E-state index in [4.69, 9.17) is 0 Å². The molecule has 1 amide bonds. The van der Waals surface area contributed by atoms with E-state index >= 15 is 0 Å². The molecule has 1 unspecified atom stereocenters. The van der Waals surface area contributed by atoms with E-state index in [0.29, 0.717) is 5.92 Å². The fourth-order valence-electron chi connectivity index (χ4n) is 1.57. The second-order valence-corrected chi connectivity index (χ2v) is 3.94. The SMILES string of the molecule is CC(C(=O)Nc1cccnc1)C1CNC1.Cl.Cl. The quantitative estimate of drug-likeness (QED) is 0.885. The molecule has 96 valence electrons. The molecule has 1 fully saturated rings. The molecule has 1 atom stereocenters. The Morgan fingerprint density at radius 3 is 2.71 bits per heavy atom. The lowest BCUT2D eigenvalue weighted by Crippen LogP contribution is -2.48. The van der Waals surface area contributed by atoms with Crippen molar-refractivity contribution in [2.45, 2.75) is 6.92 Å². The van der Waals surface area contributed by atoms with Crippen LogP contribution in [0.1, 0.15) is 6.92 Å². The average Bonchev–Trinajstić information content (AvgIpc) is 2.16. The fourth-order valence-corrected chi connectivity index (χ4v) is 1.57. The molecule has 2 rings (SSSR count). The van der Waals surface area contributed by atoms with Crippen molar-refractivity contribution in [2.75, 3.05) is 18.4 Å². The van der Waals surface area contributed by atoms with Gasteiger partial charge >= 0.3 is 0 Å². The summed E-state index contributed by atoms with van der Waals surface area (Å²) in [6.45, 7) is 3.86. The van der Waals surface area contributed by atoms with E-state index in [2.05, 4.69) is 15.6 Å². The summed E-state index contributed by atoms with van der Waals surface area (Å²) in [4.78, 5) is 15.7. The van der Waals surface area contributed by atoms with Crippen LogP contribution in [0.5, 0.6) is 0 Å². The van der Waals surface area contributed by atoms with Crippen molar-refractivity contribution in [1.82, 2.24) is 10.3 Å². The first-order chi connectivity index (χ1) is 7.27. The molecule has 0 aliphatic carbocycles. The molecule has 17 heavy (non-hydrogen) atoms. The molecule has 0 aromatic carbocycles. The minimum absolute atomic E-state index is 0. The van der Waals surface area contributed by atoms with Crippen LogP contribution in [0.15, 0.2) is 24.5 Å². The van der Waals surface area contributed by atoms with Crippen LogP contribution in [0.3, 0.4) is 0 Å². The number of anilines is 1. The molecule has 0 saturated carbocycles. The van der Waals surface area contributed by atoms with E-state index < -0.39 is 0 Å². The van der Waals surface area contributed by atoms with E-state index in [-0.39, 0.29) is 36.6 Å². The predicted molar refractivity (Wildman–Crippen MR) is 72.9 cm³/mol. The Morgan fingerprint density at radius 1 is 1.53 bits per heavy atom. The van der Waals surface area contributed by atoms with Gasteiger partial charge in [-0.2, -0.15) is 0 Å². The summed E-state index contributed by atoms with van der Waals surface area (Å²) in [6.07, 6.45) is 3.35. The fraction of sp³-hybridized carbons (Fsp3) is 0.455. The lowest BCUT2D eigenvalue weighted by atomic mass is 9.88. The molecule has 1 aromatic rings.